The highest BCUT2D eigenvalue weighted by atomic mass is 79.9. The van der Waals surface area contributed by atoms with E-state index in [1.165, 1.54) is 11.3 Å². The highest BCUT2D eigenvalue weighted by Crippen LogP contribution is 2.22. The fourth-order valence-electron chi connectivity index (χ4n) is 0.424. The average Bonchev–Trinajstić information content (AvgIpc) is 2.14. The van der Waals surface area contributed by atoms with Gasteiger partial charge in [0.15, 0.2) is 0 Å². The summed E-state index contributed by atoms with van der Waals surface area (Å²) in [6.07, 6.45) is 0. The minimum atomic E-state index is -0.351. The first-order chi connectivity index (χ1) is 3.83. The van der Waals surface area contributed by atoms with Crippen molar-refractivity contribution >= 4 is 27.3 Å². The molecule has 0 aliphatic carbocycles. The molecule has 44 valence electrons. The van der Waals surface area contributed by atoms with Crippen LogP contribution in [0.4, 0.5) is 4.39 Å². The molecule has 0 fully saturated rings. The molecular formula is C5H4BrFS. The number of thiophene rings is 1. The molecule has 0 aromatic carbocycles. The molecule has 0 bridgehead atoms. The second-order valence-corrected chi connectivity index (χ2v) is 3.89. The number of halogens is 2. The van der Waals surface area contributed by atoms with Gasteiger partial charge in [0.05, 0.1) is 3.79 Å². The Morgan fingerprint density at radius 1 is 1.62 bits per heavy atom. The average molecular weight is 195 g/mol. The lowest BCUT2D eigenvalue weighted by molar-refractivity contribution is 0.491. The predicted octanol–water partition coefficient (Wildman–Crippen LogP) is 2.98. The number of hydrogen-bond acceptors (Lipinski definition) is 1. The van der Waals surface area contributed by atoms with E-state index in [4.69, 9.17) is 0 Å². The van der Waals surface area contributed by atoms with E-state index in [9.17, 15) is 4.39 Å². The van der Waals surface area contributed by atoms with Crippen LogP contribution in [0.15, 0.2) is 15.9 Å². The summed E-state index contributed by atoms with van der Waals surface area (Å²) < 4.78 is 12.7. The van der Waals surface area contributed by atoms with Crippen molar-refractivity contribution in [2.45, 2.75) is 6.67 Å². The van der Waals surface area contributed by atoms with E-state index in [2.05, 4.69) is 15.9 Å². The fraction of sp³-hybridized carbons (Fsp3) is 0.200. The van der Waals surface area contributed by atoms with Crippen molar-refractivity contribution in [2.24, 2.45) is 0 Å². The van der Waals surface area contributed by atoms with Gasteiger partial charge in [0.2, 0.25) is 0 Å². The van der Waals surface area contributed by atoms with Crippen molar-refractivity contribution in [3.05, 3.63) is 20.8 Å². The Hall–Kier alpha value is 0.110. The number of rotatable bonds is 1. The summed E-state index contributed by atoms with van der Waals surface area (Å²) >= 11 is 4.65. The summed E-state index contributed by atoms with van der Waals surface area (Å²) in [5.74, 6) is 0. The molecule has 0 nitrogen and oxygen atoms in total. The van der Waals surface area contributed by atoms with Gasteiger partial charge < -0.3 is 0 Å². The van der Waals surface area contributed by atoms with E-state index in [0.29, 0.717) is 0 Å². The van der Waals surface area contributed by atoms with Crippen LogP contribution in [0.1, 0.15) is 4.88 Å². The maximum Gasteiger partial charge on any atom is 0.124 e. The molecule has 0 aliphatic heterocycles. The third kappa shape index (κ3) is 1.29. The van der Waals surface area contributed by atoms with Gasteiger partial charge in [0.25, 0.3) is 0 Å². The van der Waals surface area contributed by atoms with Crippen LogP contribution in [-0.2, 0) is 6.67 Å². The number of hydrogen-bond donors (Lipinski definition) is 0. The van der Waals surface area contributed by atoms with E-state index in [1.54, 1.807) is 6.07 Å². The van der Waals surface area contributed by atoms with Gasteiger partial charge in [-0.3, -0.25) is 0 Å². The largest absolute Gasteiger partial charge is 0.245 e. The van der Waals surface area contributed by atoms with Crippen LogP contribution in [0.3, 0.4) is 0 Å². The topological polar surface area (TPSA) is 0 Å². The van der Waals surface area contributed by atoms with Crippen LogP contribution in [-0.4, -0.2) is 0 Å². The SMILES string of the molecule is FCc1ccc(Br)s1. The van der Waals surface area contributed by atoms with Crippen LogP contribution < -0.4 is 0 Å². The van der Waals surface area contributed by atoms with Crippen LogP contribution in [0.25, 0.3) is 0 Å². The Balaban J connectivity index is 2.84. The summed E-state index contributed by atoms with van der Waals surface area (Å²) in [6.45, 7) is -0.351. The standard InChI is InChI=1S/C5H4BrFS/c6-5-2-1-4(3-7)8-5/h1-2H,3H2. The van der Waals surface area contributed by atoms with E-state index >= 15 is 0 Å². The molecule has 0 spiro atoms. The maximum absolute atomic E-state index is 11.7. The monoisotopic (exact) mass is 194 g/mol. The summed E-state index contributed by atoms with van der Waals surface area (Å²) in [7, 11) is 0. The molecule has 1 aromatic rings. The summed E-state index contributed by atoms with van der Waals surface area (Å²) in [6, 6.07) is 3.62. The molecule has 0 N–H and O–H groups in total. The second kappa shape index (κ2) is 2.60. The van der Waals surface area contributed by atoms with E-state index in [-0.39, 0.29) is 6.67 Å². The number of alkyl halides is 1. The minimum Gasteiger partial charge on any atom is -0.245 e. The zero-order valence-corrected chi connectivity index (χ0v) is 6.43. The molecule has 8 heavy (non-hydrogen) atoms. The normalized spacial score (nSPS) is 9.75. The molecule has 0 unspecified atom stereocenters. The lowest BCUT2D eigenvalue weighted by Crippen LogP contribution is -1.60. The lowest BCUT2D eigenvalue weighted by atomic mass is 10.5. The first kappa shape index (κ1) is 6.23. The first-order valence-electron chi connectivity index (χ1n) is 2.13. The van der Waals surface area contributed by atoms with Crippen molar-refractivity contribution in [1.29, 1.82) is 0 Å². The van der Waals surface area contributed by atoms with Crippen LogP contribution >= 0.6 is 27.3 Å². The predicted molar refractivity (Wildman–Crippen MR) is 36.8 cm³/mol. The second-order valence-electron chi connectivity index (χ2n) is 1.34. The Morgan fingerprint density at radius 3 is 2.62 bits per heavy atom. The molecule has 1 aromatic heterocycles. The molecule has 1 rings (SSSR count). The van der Waals surface area contributed by atoms with Gasteiger partial charge in [0, 0.05) is 4.88 Å². The van der Waals surface area contributed by atoms with Crippen molar-refractivity contribution in [1.82, 2.24) is 0 Å². The molecule has 0 radical (unpaired) electrons. The fourth-order valence-corrected chi connectivity index (χ4v) is 1.76. The highest BCUT2D eigenvalue weighted by Gasteiger charge is 1.93. The zero-order chi connectivity index (χ0) is 5.98. The first-order valence-corrected chi connectivity index (χ1v) is 3.74. The zero-order valence-electron chi connectivity index (χ0n) is 4.03. The minimum absolute atomic E-state index is 0.351. The van der Waals surface area contributed by atoms with Gasteiger partial charge >= 0.3 is 0 Å². The van der Waals surface area contributed by atoms with E-state index in [0.717, 1.165) is 8.66 Å². The van der Waals surface area contributed by atoms with Gasteiger partial charge in [0.1, 0.15) is 6.67 Å². The molecule has 0 amide bonds. The van der Waals surface area contributed by atoms with Crippen LogP contribution in [0.5, 0.6) is 0 Å². The Labute approximate surface area is 59.5 Å². The highest BCUT2D eigenvalue weighted by molar-refractivity contribution is 9.11. The third-order valence-electron chi connectivity index (χ3n) is 0.761. The Morgan fingerprint density at radius 2 is 2.38 bits per heavy atom. The van der Waals surface area contributed by atoms with Gasteiger partial charge in [-0.2, -0.15) is 0 Å². The van der Waals surface area contributed by atoms with Crippen molar-refractivity contribution < 1.29 is 4.39 Å². The smallest absolute Gasteiger partial charge is 0.124 e. The van der Waals surface area contributed by atoms with Crippen molar-refractivity contribution in [3.8, 4) is 0 Å². The van der Waals surface area contributed by atoms with Crippen LogP contribution in [0, 0.1) is 0 Å². The van der Waals surface area contributed by atoms with Crippen LogP contribution in [0.2, 0.25) is 0 Å². The summed E-state index contributed by atoms with van der Waals surface area (Å²) in [5, 5.41) is 0. The van der Waals surface area contributed by atoms with E-state index in [1.807, 2.05) is 6.07 Å². The van der Waals surface area contributed by atoms with Gasteiger partial charge in [-0.1, -0.05) is 0 Å². The molecule has 0 saturated heterocycles. The molecular weight excluding hydrogens is 191 g/mol. The molecule has 1 heterocycles. The van der Waals surface area contributed by atoms with Gasteiger partial charge in [-0.15, -0.1) is 11.3 Å². The summed E-state index contributed by atoms with van der Waals surface area (Å²) in [5.41, 5.74) is 0. The molecule has 0 aliphatic rings. The summed E-state index contributed by atoms with van der Waals surface area (Å²) in [4.78, 5) is 0.775. The van der Waals surface area contributed by atoms with Gasteiger partial charge in [-0.25, -0.2) is 4.39 Å². The third-order valence-corrected chi connectivity index (χ3v) is 2.35. The Bertz CT molecular complexity index is 173. The van der Waals surface area contributed by atoms with E-state index < -0.39 is 0 Å². The van der Waals surface area contributed by atoms with Crippen molar-refractivity contribution in [3.63, 3.8) is 0 Å². The molecule has 0 atom stereocenters. The quantitative estimate of drug-likeness (QED) is 0.646. The molecule has 3 heteroatoms. The van der Waals surface area contributed by atoms with Gasteiger partial charge in [-0.05, 0) is 28.1 Å². The lowest BCUT2D eigenvalue weighted by Gasteiger charge is -1.76. The molecule has 0 saturated carbocycles. The Kier molecular flexibility index (Phi) is 2.02. The van der Waals surface area contributed by atoms with Crippen molar-refractivity contribution in [2.75, 3.05) is 0 Å². The maximum atomic E-state index is 11.7.